The molecule has 0 fully saturated rings. The van der Waals surface area contributed by atoms with Gasteiger partial charge in [-0.15, -0.1) is 16.4 Å². The molecule has 7 nitrogen and oxygen atoms in total. The summed E-state index contributed by atoms with van der Waals surface area (Å²) in [6, 6.07) is 11.8. The normalized spacial score (nSPS) is 15.5. The van der Waals surface area contributed by atoms with Gasteiger partial charge in [0.15, 0.2) is 11.5 Å². The first-order valence-electron chi connectivity index (χ1n) is 8.68. The minimum atomic E-state index is -0.347. The van der Waals surface area contributed by atoms with E-state index in [1.54, 1.807) is 18.4 Å². The van der Waals surface area contributed by atoms with E-state index in [1.807, 2.05) is 42.6 Å². The van der Waals surface area contributed by atoms with Crippen LogP contribution in [0.3, 0.4) is 0 Å². The van der Waals surface area contributed by atoms with E-state index >= 15 is 0 Å². The van der Waals surface area contributed by atoms with Gasteiger partial charge < -0.3 is 19.9 Å². The number of benzene rings is 1. The predicted molar refractivity (Wildman–Crippen MR) is 105 cm³/mol. The fourth-order valence-corrected chi connectivity index (χ4v) is 4.15. The van der Waals surface area contributed by atoms with E-state index in [1.165, 1.54) is 0 Å². The number of fused-ring (bicyclic) bond motifs is 1. The third kappa shape index (κ3) is 2.86. The molecule has 3 N–H and O–H groups in total. The lowest BCUT2D eigenvalue weighted by Gasteiger charge is -2.23. The number of nitrogens with two attached hydrogens (primary N) is 1. The summed E-state index contributed by atoms with van der Waals surface area (Å²) in [7, 11) is 1.60. The van der Waals surface area contributed by atoms with Crippen LogP contribution < -0.4 is 19.9 Å². The monoisotopic (exact) mass is 394 g/mol. The second-order valence-electron chi connectivity index (χ2n) is 6.06. The minimum Gasteiger partial charge on any atom is -0.493 e. The zero-order chi connectivity index (χ0) is 19.7. The Labute approximate surface area is 166 Å². The van der Waals surface area contributed by atoms with Gasteiger partial charge in [0.1, 0.15) is 11.6 Å². The molecule has 1 unspecified atom stereocenters. The molecular weight excluding hydrogens is 376 g/mol. The van der Waals surface area contributed by atoms with Crippen molar-refractivity contribution in [1.29, 1.82) is 5.26 Å². The van der Waals surface area contributed by atoms with Crippen LogP contribution in [-0.4, -0.2) is 23.9 Å². The Morgan fingerprint density at radius 2 is 2.21 bits per heavy atom. The van der Waals surface area contributed by atoms with E-state index in [2.05, 4.69) is 16.3 Å². The zero-order valence-electron chi connectivity index (χ0n) is 15.4. The lowest BCUT2D eigenvalue weighted by Crippen LogP contribution is -2.20. The Hall–Kier alpha value is -3.44. The molecule has 0 amide bonds. The fraction of sp³-hybridized carbons (Fsp3) is 0.200. The molecule has 1 aliphatic rings. The lowest BCUT2D eigenvalue weighted by atomic mass is 9.87. The highest BCUT2D eigenvalue weighted by Gasteiger charge is 2.36. The highest BCUT2D eigenvalue weighted by Crippen LogP contribution is 2.47. The van der Waals surface area contributed by atoms with Crippen LogP contribution in [0.1, 0.15) is 23.3 Å². The topological polar surface area (TPSA) is 106 Å². The first-order chi connectivity index (χ1) is 13.7. The predicted octanol–water partition coefficient (Wildman–Crippen LogP) is 3.76. The number of aromatic nitrogens is 2. The molecule has 1 aromatic carbocycles. The van der Waals surface area contributed by atoms with Crippen LogP contribution in [0.2, 0.25) is 0 Å². The first kappa shape index (κ1) is 17.9. The third-order valence-electron chi connectivity index (χ3n) is 4.52. The van der Waals surface area contributed by atoms with Gasteiger partial charge in [0.05, 0.1) is 30.9 Å². The van der Waals surface area contributed by atoms with Gasteiger partial charge in [0.25, 0.3) is 0 Å². The number of H-pyrrole nitrogens is 1. The molecule has 4 rings (SSSR count). The smallest absolute Gasteiger partial charge is 0.244 e. The van der Waals surface area contributed by atoms with Crippen LogP contribution in [0, 0.1) is 11.3 Å². The third-order valence-corrected chi connectivity index (χ3v) is 5.46. The van der Waals surface area contributed by atoms with Gasteiger partial charge >= 0.3 is 0 Å². The van der Waals surface area contributed by atoms with E-state index < -0.39 is 0 Å². The second kappa shape index (κ2) is 7.29. The number of rotatable bonds is 5. The highest BCUT2D eigenvalue weighted by molar-refractivity contribution is 7.10. The number of nitriles is 1. The van der Waals surface area contributed by atoms with Gasteiger partial charge in [-0.05, 0) is 36.6 Å². The largest absolute Gasteiger partial charge is 0.493 e. The maximum atomic E-state index is 9.70. The summed E-state index contributed by atoms with van der Waals surface area (Å²) in [6.07, 6.45) is 0. The van der Waals surface area contributed by atoms with E-state index in [9.17, 15) is 5.26 Å². The minimum absolute atomic E-state index is 0.0794. The number of allylic oxidation sites excluding steroid dienone is 1. The Balaban J connectivity index is 1.88. The molecule has 0 saturated carbocycles. The van der Waals surface area contributed by atoms with Crippen molar-refractivity contribution in [3.05, 3.63) is 57.6 Å². The molecule has 0 aliphatic carbocycles. The number of hydrogen-bond acceptors (Lipinski definition) is 7. The number of hydrogen-bond donors (Lipinski definition) is 2. The summed E-state index contributed by atoms with van der Waals surface area (Å²) in [4.78, 5) is 0.990. The Kier molecular flexibility index (Phi) is 4.67. The van der Waals surface area contributed by atoms with Gasteiger partial charge in [0, 0.05) is 10.4 Å². The molecule has 2 aromatic heterocycles. The van der Waals surface area contributed by atoms with E-state index in [0.717, 1.165) is 21.7 Å². The molecule has 0 bridgehead atoms. The number of nitrogens with one attached hydrogen (secondary N) is 1. The van der Waals surface area contributed by atoms with Gasteiger partial charge in [-0.1, -0.05) is 6.07 Å². The van der Waals surface area contributed by atoms with Crippen molar-refractivity contribution in [3.8, 4) is 34.7 Å². The Bertz CT molecular complexity index is 1080. The Morgan fingerprint density at radius 1 is 1.36 bits per heavy atom. The van der Waals surface area contributed by atoms with E-state index in [0.29, 0.717) is 29.6 Å². The number of aromatic amines is 1. The van der Waals surface area contributed by atoms with Gasteiger partial charge in [0.2, 0.25) is 11.8 Å². The molecule has 1 aliphatic heterocycles. The van der Waals surface area contributed by atoms with Crippen LogP contribution in [0.15, 0.2) is 47.2 Å². The second-order valence-corrected chi connectivity index (χ2v) is 7.04. The summed E-state index contributed by atoms with van der Waals surface area (Å²) in [5, 5.41) is 19.0. The lowest BCUT2D eigenvalue weighted by molar-refractivity contribution is 0.311. The summed E-state index contributed by atoms with van der Waals surface area (Å²) in [6.45, 7) is 2.46. The molecule has 0 saturated heterocycles. The number of methoxy groups -OCH3 is 1. The highest BCUT2D eigenvalue weighted by atomic mass is 32.1. The summed E-state index contributed by atoms with van der Waals surface area (Å²) in [5.74, 6) is 1.38. The molecule has 0 radical (unpaired) electrons. The summed E-state index contributed by atoms with van der Waals surface area (Å²) >= 11 is 1.56. The molecule has 1 atom stereocenters. The molecule has 8 heteroatoms. The average molecular weight is 394 g/mol. The molecule has 3 heterocycles. The van der Waals surface area contributed by atoms with Crippen LogP contribution in [0.5, 0.6) is 17.4 Å². The van der Waals surface area contributed by atoms with E-state index in [-0.39, 0.29) is 11.8 Å². The number of nitrogens with zero attached hydrogens (tertiary/aromatic N) is 2. The number of ether oxygens (including phenoxy) is 3. The molecule has 0 spiro atoms. The van der Waals surface area contributed by atoms with Crippen molar-refractivity contribution in [2.75, 3.05) is 13.7 Å². The summed E-state index contributed by atoms with van der Waals surface area (Å²) < 4.78 is 16.7. The summed E-state index contributed by atoms with van der Waals surface area (Å²) in [5.41, 5.74) is 8.73. The SMILES string of the molecule is CCOc1ccc(-c2[nH]nc3c2C(c2cccs2)C(C#N)=C(N)O3)cc1OC. The fourth-order valence-electron chi connectivity index (χ4n) is 3.30. The Morgan fingerprint density at radius 3 is 2.89 bits per heavy atom. The number of thiophene rings is 1. The maximum Gasteiger partial charge on any atom is 0.244 e. The molecule has 3 aromatic rings. The maximum absolute atomic E-state index is 9.70. The quantitative estimate of drug-likeness (QED) is 0.682. The van der Waals surface area contributed by atoms with Gasteiger partial charge in [-0.3, -0.25) is 5.10 Å². The van der Waals surface area contributed by atoms with Crippen LogP contribution in [0.4, 0.5) is 0 Å². The standard InChI is InChI=1S/C20H18N4O3S/c1-3-26-13-7-6-11(9-14(13)25-2)18-17-16(15-5-4-8-28-15)12(10-21)19(22)27-20(17)24-23-18/h4-9,16H,3,22H2,1-2H3,(H,23,24). The average Bonchev–Trinajstić information content (AvgIpc) is 3.37. The zero-order valence-corrected chi connectivity index (χ0v) is 16.2. The van der Waals surface area contributed by atoms with Crippen LogP contribution in [0.25, 0.3) is 11.3 Å². The van der Waals surface area contributed by atoms with Crippen molar-refractivity contribution < 1.29 is 14.2 Å². The van der Waals surface area contributed by atoms with E-state index in [4.69, 9.17) is 19.9 Å². The van der Waals surface area contributed by atoms with Crippen molar-refractivity contribution in [1.82, 2.24) is 10.2 Å². The first-order valence-corrected chi connectivity index (χ1v) is 9.56. The van der Waals surface area contributed by atoms with Crippen molar-refractivity contribution in [3.63, 3.8) is 0 Å². The van der Waals surface area contributed by atoms with Crippen molar-refractivity contribution in [2.24, 2.45) is 5.73 Å². The molecule has 142 valence electrons. The van der Waals surface area contributed by atoms with Gasteiger partial charge in [-0.2, -0.15) is 5.26 Å². The van der Waals surface area contributed by atoms with Crippen molar-refractivity contribution in [2.45, 2.75) is 12.8 Å². The molecular formula is C20H18N4O3S. The van der Waals surface area contributed by atoms with Crippen molar-refractivity contribution >= 4 is 11.3 Å². The van der Waals surface area contributed by atoms with Crippen LogP contribution >= 0.6 is 11.3 Å². The van der Waals surface area contributed by atoms with Crippen LogP contribution in [-0.2, 0) is 0 Å². The van der Waals surface area contributed by atoms with Gasteiger partial charge in [-0.25, -0.2) is 0 Å². The molecule has 28 heavy (non-hydrogen) atoms.